The number of thiophene rings is 1. The molecule has 1 aliphatic rings. The summed E-state index contributed by atoms with van der Waals surface area (Å²) >= 11 is 1.75. The first-order chi connectivity index (χ1) is 18.0. The maximum absolute atomic E-state index is 13.8. The number of carbonyl (C=O) groups is 2. The number of carbonyl (C=O) groups excluding carboxylic acids is 2. The van der Waals surface area contributed by atoms with Crippen molar-refractivity contribution < 1.29 is 14.3 Å². The monoisotopic (exact) mass is 518 g/mol. The van der Waals surface area contributed by atoms with Crippen molar-refractivity contribution in [2.24, 2.45) is 0 Å². The fourth-order valence-corrected chi connectivity index (χ4v) is 5.99. The fourth-order valence-electron chi connectivity index (χ4n) is 5.08. The molecule has 0 N–H and O–H groups in total. The van der Waals surface area contributed by atoms with E-state index in [9.17, 15) is 9.59 Å². The molecule has 2 heterocycles. The van der Waals surface area contributed by atoms with Crippen LogP contribution in [-0.4, -0.2) is 48.4 Å². The van der Waals surface area contributed by atoms with Crippen molar-refractivity contribution in [2.75, 3.05) is 26.7 Å². The SMILES string of the molecule is CCCCCc1ccc(C(=O)N(CCC)CC(=O)N2CCc3sccc3C2c2ccc(OC)cc2)cc1. The minimum absolute atomic E-state index is 0.0179. The molecule has 0 bridgehead atoms. The number of ether oxygens (including phenoxy) is 1. The molecule has 1 unspecified atom stereocenters. The minimum atomic E-state index is -0.158. The smallest absolute Gasteiger partial charge is 0.254 e. The number of aryl methyl sites for hydroxylation is 1. The van der Waals surface area contributed by atoms with Crippen LogP contribution in [0.15, 0.2) is 60.0 Å². The van der Waals surface area contributed by atoms with Crippen LogP contribution in [0.3, 0.4) is 0 Å². The Hall–Kier alpha value is -3.12. The van der Waals surface area contributed by atoms with E-state index in [1.54, 1.807) is 23.3 Å². The molecule has 5 nitrogen and oxygen atoms in total. The molecule has 0 fully saturated rings. The van der Waals surface area contributed by atoms with Crippen LogP contribution in [0.5, 0.6) is 5.75 Å². The summed E-state index contributed by atoms with van der Waals surface area (Å²) in [5.41, 5.74) is 4.14. The van der Waals surface area contributed by atoms with Gasteiger partial charge in [-0.25, -0.2) is 0 Å². The summed E-state index contributed by atoms with van der Waals surface area (Å²) in [6.07, 6.45) is 6.25. The van der Waals surface area contributed by atoms with E-state index in [0.717, 1.165) is 37.0 Å². The zero-order chi connectivity index (χ0) is 26.2. The zero-order valence-corrected chi connectivity index (χ0v) is 23.1. The highest BCUT2D eigenvalue weighted by Gasteiger charge is 2.34. The average Bonchev–Trinajstić information content (AvgIpc) is 3.41. The van der Waals surface area contributed by atoms with Crippen LogP contribution in [0.4, 0.5) is 0 Å². The lowest BCUT2D eigenvalue weighted by molar-refractivity contribution is -0.134. The van der Waals surface area contributed by atoms with E-state index in [4.69, 9.17) is 4.74 Å². The third-order valence-corrected chi connectivity index (χ3v) is 8.09. The van der Waals surface area contributed by atoms with Gasteiger partial charge in [-0.15, -0.1) is 11.3 Å². The zero-order valence-electron chi connectivity index (χ0n) is 22.2. The van der Waals surface area contributed by atoms with Crippen molar-refractivity contribution in [2.45, 2.75) is 58.4 Å². The number of rotatable bonds is 11. The van der Waals surface area contributed by atoms with Crippen LogP contribution in [0.25, 0.3) is 0 Å². The van der Waals surface area contributed by atoms with Gasteiger partial charge in [-0.2, -0.15) is 0 Å². The van der Waals surface area contributed by atoms with E-state index in [0.29, 0.717) is 18.7 Å². The Morgan fingerprint density at radius 2 is 1.76 bits per heavy atom. The molecule has 0 aliphatic carbocycles. The van der Waals surface area contributed by atoms with Crippen molar-refractivity contribution in [1.29, 1.82) is 0 Å². The maximum atomic E-state index is 13.8. The van der Waals surface area contributed by atoms with Gasteiger partial charge in [0.25, 0.3) is 5.91 Å². The van der Waals surface area contributed by atoms with Crippen LogP contribution in [0.2, 0.25) is 0 Å². The van der Waals surface area contributed by atoms with E-state index >= 15 is 0 Å². The van der Waals surface area contributed by atoms with Crippen molar-refractivity contribution in [3.05, 3.63) is 87.1 Å². The highest BCUT2D eigenvalue weighted by atomic mass is 32.1. The normalized spacial score (nSPS) is 14.8. The quantitative estimate of drug-likeness (QED) is 0.272. The first kappa shape index (κ1) is 26.9. The molecular weight excluding hydrogens is 480 g/mol. The molecule has 2 aromatic carbocycles. The molecule has 2 amide bonds. The van der Waals surface area contributed by atoms with E-state index in [-0.39, 0.29) is 24.4 Å². The van der Waals surface area contributed by atoms with Gasteiger partial charge < -0.3 is 14.5 Å². The van der Waals surface area contributed by atoms with Crippen LogP contribution in [-0.2, 0) is 17.6 Å². The molecule has 0 spiro atoms. The van der Waals surface area contributed by atoms with E-state index < -0.39 is 0 Å². The number of methoxy groups -OCH3 is 1. The van der Waals surface area contributed by atoms with Gasteiger partial charge in [0, 0.05) is 23.5 Å². The molecule has 37 heavy (non-hydrogen) atoms. The minimum Gasteiger partial charge on any atom is -0.497 e. The van der Waals surface area contributed by atoms with Crippen molar-refractivity contribution in [3.63, 3.8) is 0 Å². The Bertz CT molecular complexity index is 1170. The summed E-state index contributed by atoms with van der Waals surface area (Å²) in [7, 11) is 1.65. The number of benzene rings is 2. The lowest BCUT2D eigenvalue weighted by atomic mass is 9.93. The van der Waals surface area contributed by atoms with Gasteiger partial charge in [-0.3, -0.25) is 9.59 Å². The second-order valence-electron chi connectivity index (χ2n) is 9.69. The highest BCUT2D eigenvalue weighted by molar-refractivity contribution is 7.10. The summed E-state index contributed by atoms with van der Waals surface area (Å²) in [5.74, 6) is 0.694. The Balaban J connectivity index is 1.52. The van der Waals surface area contributed by atoms with Gasteiger partial charge in [0.15, 0.2) is 0 Å². The van der Waals surface area contributed by atoms with Crippen molar-refractivity contribution >= 4 is 23.2 Å². The second kappa shape index (κ2) is 12.9. The van der Waals surface area contributed by atoms with Gasteiger partial charge in [-0.1, -0.05) is 51.0 Å². The third-order valence-electron chi connectivity index (χ3n) is 7.09. The predicted octanol–water partition coefficient (Wildman–Crippen LogP) is 6.52. The molecule has 4 rings (SSSR count). The highest BCUT2D eigenvalue weighted by Crippen LogP contribution is 2.38. The number of fused-ring (bicyclic) bond motifs is 1. The maximum Gasteiger partial charge on any atom is 0.254 e. The Morgan fingerprint density at radius 1 is 1.00 bits per heavy atom. The summed E-state index contributed by atoms with van der Waals surface area (Å²) in [4.78, 5) is 32.2. The molecule has 0 saturated carbocycles. The number of unbranched alkanes of at least 4 members (excludes halogenated alkanes) is 2. The lowest BCUT2D eigenvalue weighted by Gasteiger charge is -2.37. The molecule has 1 aromatic heterocycles. The van der Waals surface area contributed by atoms with Crippen LogP contribution in [0, 0.1) is 0 Å². The molecule has 0 radical (unpaired) electrons. The Kier molecular flexibility index (Phi) is 9.40. The van der Waals surface area contributed by atoms with Crippen LogP contribution >= 0.6 is 11.3 Å². The van der Waals surface area contributed by atoms with Gasteiger partial charge in [-0.05, 0) is 78.1 Å². The molecule has 196 valence electrons. The molecule has 1 aliphatic heterocycles. The number of hydrogen-bond donors (Lipinski definition) is 0. The van der Waals surface area contributed by atoms with Gasteiger partial charge in [0.05, 0.1) is 13.2 Å². The Morgan fingerprint density at radius 3 is 2.43 bits per heavy atom. The van der Waals surface area contributed by atoms with Gasteiger partial charge in [0.2, 0.25) is 5.91 Å². The summed E-state index contributed by atoms with van der Waals surface area (Å²) in [6, 6.07) is 17.9. The third kappa shape index (κ3) is 6.42. The first-order valence-electron chi connectivity index (χ1n) is 13.4. The average molecular weight is 519 g/mol. The number of amides is 2. The van der Waals surface area contributed by atoms with Crippen molar-refractivity contribution in [1.82, 2.24) is 9.80 Å². The standard InChI is InChI=1S/C31H38N2O3S/c1-4-6-7-8-23-9-11-25(12-10-23)31(35)32(19-5-2)22-29(34)33-20-17-28-27(18-21-37-28)30(33)24-13-15-26(36-3)16-14-24/h9-16,18,21,30H,4-8,17,19-20,22H2,1-3H3. The van der Waals surface area contributed by atoms with Gasteiger partial charge >= 0.3 is 0 Å². The first-order valence-corrected chi connectivity index (χ1v) is 14.3. The van der Waals surface area contributed by atoms with E-state index in [2.05, 4.69) is 30.5 Å². The lowest BCUT2D eigenvalue weighted by Crippen LogP contribution is -2.47. The number of hydrogen-bond acceptors (Lipinski definition) is 4. The number of nitrogens with zero attached hydrogens (tertiary/aromatic N) is 2. The molecule has 3 aromatic rings. The second-order valence-corrected chi connectivity index (χ2v) is 10.7. The fraction of sp³-hybridized carbons (Fsp3) is 0.419. The van der Waals surface area contributed by atoms with E-state index in [1.807, 2.05) is 48.2 Å². The predicted molar refractivity (Wildman–Crippen MR) is 150 cm³/mol. The van der Waals surface area contributed by atoms with Gasteiger partial charge in [0.1, 0.15) is 12.3 Å². The largest absolute Gasteiger partial charge is 0.497 e. The Labute approximate surface area is 225 Å². The van der Waals surface area contributed by atoms with E-state index in [1.165, 1.54) is 28.8 Å². The molecule has 0 saturated heterocycles. The molecule has 6 heteroatoms. The summed E-state index contributed by atoms with van der Waals surface area (Å²) in [6.45, 7) is 5.52. The molecular formula is C31H38N2O3S. The molecule has 1 atom stereocenters. The van der Waals surface area contributed by atoms with Crippen molar-refractivity contribution in [3.8, 4) is 5.75 Å². The summed E-state index contributed by atoms with van der Waals surface area (Å²) < 4.78 is 5.34. The topological polar surface area (TPSA) is 49.9 Å². The van der Waals surface area contributed by atoms with Crippen LogP contribution in [0.1, 0.15) is 77.5 Å². The van der Waals surface area contributed by atoms with Crippen LogP contribution < -0.4 is 4.74 Å². The summed E-state index contributed by atoms with van der Waals surface area (Å²) in [5, 5.41) is 2.11.